The van der Waals surface area contributed by atoms with Crippen molar-refractivity contribution in [2.24, 2.45) is 11.8 Å². The molecular weight excluding hydrogens is 446 g/mol. The molecule has 31 heavy (non-hydrogen) atoms. The van der Waals surface area contributed by atoms with Crippen molar-refractivity contribution in [3.63, 3.8) is 0 Å². The summed E-state index contributed by atoms with van der Waals surface area (Å²) in [5.41, 5.74) is 0. The van der Waals surface area contributed by atoms with Gasteiger partial charge in [0.15, 0.2) is 0 Å². The van der Waals surface area contributed by atoms with Crippen LogP contribution in [0.25, 0.3) is 0 Å². The molecule has 0 aromatic rings. The van der Waals surface area contributed by atoms with Crippen LogP contribution in [0.2, 0.25) is 0 Å². The van der Waals surface area contributed by atoms with Crippen LogP contribution < -0.4 is 59.1 Å². The van der Waals surface area contributed by atoms with Gasteiger partial charge < -0.3 is 19.3 Å². The largest absolute Gasteiger partial charge is 1.00 e. The van der Waals surface area contributed by atoms with Gasteiger partial charge in [-0.3, -0.25) is 18.0 Å². The Morgan fingerprint density at radius 1 is 0.645 bits per heavy atom. The van der Waals surface area contributed by atoms with Crippen molar-refractivity contribution in [3.05, 3.63) is 0 Å². The maximum Gasteiger partial charge on any atom is 1.00 e. The number of carbonyl (C=O) groups is 2. The zero-order valence-electron chi connectivity index (χ0n) is 19.8. The summed E-state index contributed by atoms with van der Waals surface area (Å²) < 4.78 is 34.1. The van der Waals surface area contributed by atoms with E-state index in [1.165, 1.54) is 38.5 Å². The van der Waals surface area contributed by atoms with Crippen molar-refractivity contribution in [3.8, 4) is 0 Å². The minimum atomic E-state index is -5.17. The summed E-state index contributed by atoms with van der Waals surface area (Å²) in [6.07, 6.45) is 14.1. The second-order valence-corrected chi connectivity index (χ2v) is 8.23. The zero-order valence-corrected chi connectivity index (χ0v) is 24.6. The Kier molecular flexibility index (Phi) is 32.0. The Bertz CT molecular complexity index is 489. The summed E-state index contributed by atoms with van der Waals surface area (Å²) in [5, 5.41) is 18.9. The van der Waals surface area contributed by atoms with Gasteiger partial charge in [-0.05, 0) is 12.8 Å². The molecule has 0 bridgehead atoms. The maximum atomic E-state index is 11.5. The molecule has 8 nitrogen and oxygen atoms in total. The Morgan fingerprint density at radius 2 is 0.871 bits per heavy atom. The first-order chi connectivity index (χ1) is 13.5. The predicted molar refractivity (Wildman–Crippen MR) is 109 cm³/mol. The molecule has 2 atom stereocenters. The van der Waals surface area contributed by atoms with Gasteiger partial charge in [0.1, 0.15) is 0 Å². The van der Waals surface area contributed by atoms with Crippen LogP contribution in [0.4, 0.5) is 0 Å². The Labute approximate surface area is 232 Å². The number of rotatable bonds is 17. The average molecular weight is 485 g/mol. The molecule has 0 aromatic heterocycles. The topological polar surface area (TPSA) is 155 Å². The van der Waals surface area contributed by atoms with Gasteiger partial charge in [-0.15, -0.1) is 0 Å². The molecule has 0 aliphatic rings. The fraction of sp³-hybridized carbons (Fsp3) is 0.900. The van der Waals surface area contributed by atoms with Gasteiger partial charge in [-0.25, -0.2) is 0 Å². The molecule has 0 aromatic carbocycles. The van der Waals surface area contributed by atoms with Gasteiger partial charge in [0.05, 0.1) is 11.8 Å². The normalized spacial score (nSPS) is 12.4. The fourth-order valence-corrected chi connectivity index (χ4v) is 3.28. The molecule has 0 spiro atoms. The number of unbranched alkanes of at least 4 members (excludes halogenated alkanes) is 10. The minimum absolute atomic E-state index is 0. The second-order valence-electron chi connectivity index (χ2n) is 7.41. The van der Waals surface area contributed by atoms with E-state index in [1.807, 2.05) is 0 Å². The van der Waals surface area contributed by atoms with Crippen LogP contribution in [0.15, 0.2) is 0 Å². The van der Waals surface area contributed by atoms with Crippen molar-refractivity contribution in [2.45, 2.75) is 104 Å². The number of hydrogen-bond donors (Lipinski definition) is 2. The molecule has 0 saturated heterocycles. The van der Waals surface area contributed by atoms with Crippen LogP contribution in [-0.4, -0.2) is 39.7 Å². The quantitative estimate of drug-likeness (QED) is 0.110. The first kappa shape index (κ1) is 39.0. The van der Waals surface area contributed by atoms with E-state index in [0.29, 0.717) is 12.8 Å². The molecule has 0 rings (SSSR count). The van der Waals surface area contributed by atoms with E-state index in [1.54, 1.807) is 0 Å². The van der Waals surface area contributed by atoms with Gasteiger partial charge in [0.2, 0.25) is 0 Å². The van der Waals surface area contributed by atoms with Crippen LogP contribution in [-0.2, 0) is 20.0 Å². The maximum absolute atomic E-state index is 11.5. The third kappa shape index (κ3) is 30.8. The van der Waals surface area contributed by atoms with Crippen LogP contribution in [0.1, 0.15) is 104 Å². The third-order valence-electron chi connectivity index (χ3n) is 4.86. The molecular formula is C20H38Na2O8S. The van der Waals surface area contributed by atoms with E-state index in [-0.39, 0.29) is 59.1 Å². The first-order valence-electron chi connectivity index (χ1n) is 10.7. The summed E-state index contributed by atoms with van der Waals surface area (Å²) in [7, 11) is -5.17. The fourth-order valence-electron chi connectivity index (χ4n) is 3.28. The molecule has 0 saturated carbocycles. The first-order valence-corrected chi connectivity index (χ1v) is 12.0. The SMILES string of the molecule is CCCCCCCCC(C(=O)O)C(CCCCCCCC)C(=O)O.O=S(=O)([O-])[O-].[Na+].[Na+]. The number of hydrogen-bond acceptors (Lipinski definition) is 6. The smallest absolute Gasteiger partial charge is 0.759 e. The van der Waals surface area contributed by atoms with Crippen molar-refractivity contribution in [2.75, 3.05) is 0 Å². The number of carboxylic acids is 2. The molecule has 174 valence electrons. The van der Waals surface area contributed by atoms with E-state index in [4.69, 9.17) is 17.5 Å². The van der Waals surface area contributed by atoms with Gasteiger partial charge in [-0.2, -0.15) is 0 Å². The zero-order chi connectivity index (χ0) is 22.7. The van der Waals surface area contributed by atoms with Crippen molar-refractivity contribution in [1.29, 1.82) is 0 Å². The van der Waals surface area contributed by atoms with Crippen LogP contribution >= 0.6 is 0 Å². The average Bonchev–Trinajstić information content (AvgIpc) is 2.59. The summed E-state index contributed by atoms with van der Waals surface area (Å²) in [6.45, 7) is 4.33. The summed E-state index contributed by atoms with van der Waals surface area (Å²) >= 11 is 0. The van der Waals surface area contributed by atoms with Gasteiger partial charge in [0.25, 0.3) is 0 Å². The Hall–Kier alpha value is 0.810. The van der Waals surface area contributed by atoms with Gasteiger partial charge in [0, 0.05) is 10.4 Å². The van der Waals surface area contributed by atoms with Gasteiger partial charge in [-0.1, -0.05) is 90.9 Å². The monoisotopic (exact) mass is 484 g/mol. The molecule has 0 aliphatic heterocycles. The van der Waals surface area contributed by atoms with Crippen LogP contribution in [0.5, 0.6) is 0 Å². The predicted octanol–water partition coefficient (Wildman–Crippen LogP) is -1.44. The van der Waals surface area contributed by atoms with Crippen LogP contribution in [0, 0.1) is 11.8 Å². The molecule has 2 N–H and O–H groups in total. The number of carboxylic acid groups (broad SMARTS) is 2. The Balaban J connectivity index is -0.000000464. The van der Waals surface area contributed by atoms with E-state index in [2.05, 4.69) is 13.8 Å². The van der Waals surface area contributed by atoms with Crippen LogP contribution in [0.3, 0.4) is 0 Å². The molecule has 0 radical (unpaired) electrons. The van der Waals surface area contributed by atoms with E-state index >= 15 is 0 Å². The second kappa shape index (κ2) is 25.4. The van der Waals surface area contributed by atoms with E-state index < -0.39 is 34.2 Å². The number of aliphatic carboxylic acids is 2. The van der Waals surface area contributed by atoms with Crippen molar-refractivity contribution in [1.82, 2.24) is 0 Å². The molecule has 11 heteroatoms. The molecule has 0 aliphatic carbocycles. The van der Waals surface area contributed by atoms with Crippen molar-refractivity contribution >= 4 is 22.3 Å². The summed E-state index contributed by atoms with van der Waals surface area (Å²) in [5.74, 6) is -3.35. The van der Waals surface area contributed by atoms with Crippen molar-refractivity contribution < 1.29 is 96.4 Å². The Morgan fingerprint density at radius 3 is 1.10 bits per heavy atom. The molecule has 0 amide bonds. The summed E-state index contributed by atoms with van der Waals surface area (Å²) in [6, 6.07) is 0. The third-order valence-corrected chi connectivity index (χ3v) is 4.86. The van der Waals surface area contributed by atoms with Gasteiger partial charge >= 0.3 is 71.1 Å². The van der Waals surface area contributed by atoms with E-state index in [0.717, 1.165) is 38.5 Å². The molecule has 0 fully saturated rings. The summed E-state index contributed by atoms with van der Waals surface area (Å²) in [4.78, 5) is 23.0. The standard InChI is InChI=1S/C20H38O4.2Na.H2O4S/c1-3-5-7-9-11-13-15-17(19(21)22)18(20(23)24)16-14-12-10-8-6-4-2;;;1-5(2,3)4/h17-18H,3-16H2,1-2H3,(H,21,22)(H,23,24);;;(H2,1,2,3,4)/q;2*+1;/p-2. The molecule has 0 heterocycles. The minimum Gasteiger partial charge on any atom is -0.759 e. The van der Waals surface area contributed by atoms with E-state index in [9.17, 15) is 19.8 Å². The molecule has 2 unspecified atom stereocenters.